The highest BCUT2D eigenvalue weighted by Gasteiger charge is 2.38. The molecule has 1 N–H and O–H groups in total. The summed E-state index contributed by atoms with van der Waals surface area (Å²) in [5, 5.41) is 12.8. The molecule has 0 amide bonds. The van der Waals surface area contributed by atoms with Crippen LogP contribution in [-0.2, 0) is 0 Å². The average molecular weight is 278 g/mol. The van der Waals surface area contributed by atoms with Crippen LogP contribution in [0.25, 0.3) is 11.5 Å². The van der Waals surface area contributed by atoms with Gasteiger partial charge in [0.15, 0.2) is 11.5 Å². The molecule has 3 rings (SSSR count). The van der Waals surface area contributed by atoms with Crippen molar-refractivity contribution in [1.29, 1.82) is 0 Å². The van der Waals surface area contributed by atoms with Crippen molar-refractivity contribution in [1.82, 2.24) is 15.1 Å². The van der Waals surface area contributed by atoms with E-state index in [1.54, 1.807) is 25.3 Å². The molecule has 1 aliphatic heterocycles. The van der Waals surface area contributed by atoms with Crippen molar-refractivity contribution < 1.29 is 14.0 Å². The highest BCUT2D eigenvalue weighted by atomic mass is 19.1. The third-order valence-electron chi connectivity index (χ3n) is 3.43. The molecule has 2 aromatic rings. The highest BCUT2D eigenvalue weighted by Crippen LogP contribution is 2.30. The predicted octanol–water partition coefficient (Wildman–Crippen LogP) is 1.35. The summed E-state index contributed by atoms with van der Waals surface area (Å²) >= 11 is 0. The van der Waals surface area contributed by atoms with E-state index in [9.17, 15) is 4.39 Å². The van der Waals surface area contributed by atoms with Crippen molar-refractivity contribution >= 4 is 5.82 Å². The third-order valence-corrected chi connectivity index (χ3v) is 3.43. The number of aryl methyl sites for hydroxylation is 1. The number of alkyl halides is 1. The van der Waals surface area contributed by atoms with E-state index in [-0.39, 0.29) is 6.54 Å². The van der Waals surface area contributed by atoms with Crippen molar-refractivity contribution in [3.63, 3.8) is 0 Å². The summed E-state index contributed by atoms with van der Waals surface area (Å²) in [6.07, 6.45) is 1.93. The van der Waals surface area contributed by atoms with Gasteiger partial charge in [-0.1, -0.05) is 5.16 Å². The van der Waals surface area contributed by atoms with Crippen LogP contribution >= 0.6 is 0 Å². The normalized spacial score (nSPS) is 22.4. The van der Waals surface area contributed by atoms with Crippen LogP contribution in [0.5, 0.6) is 0 Å². The van der Waals surface area contributed by atoms with Gasteiger partial charge in [0.05, 0.1) is 13.2 Å². The van der Waals surface area contributed by atoms with Crippen molar-refractivity contribution in [2.75, 3.05) is 24.6 Å². The standard InChI is InChI=1S/C13H15FN4O2/c1-9-16-12(20-17-9)10-2-4-15-11(6-10)18-5-3-13(14,7-18)8-19/h2,4,6,19H,3,5,7-8H2,1H3. The van der Waals surface area contributed by atoms with E-state index in [1.165, 1.54) is 0 Å². The number of pyridine rings is 1. The summed E-state index contributed by atoms with van der Waals surface area (Å²) in [6, 6.07) is 3.55. The van der Waals surface area contributed by atoms with E-state index in [1.807, 2.05) is 4.90 Å². The fraction of sp³-hybridized carbons (Fsp3) is 0.462. The van der Waals surface area contributed by atoms with Gasteiger partial charge in [0.2, 0.25) is 0 Å². The van der Waals surface area contributed by atoms with E-state index in [0.717, 1.165) is 5.56 Å². The second kappa shape index (κ2) is 4.82. The molecule has 1 aliphatic rings. The molecule has 6 nitrogen and oxygen atoms in total. The molecule has 0 aromatic carbocycles. The lowest BCUT2D eigenvalue weighted by molar-refractivity contribution is 0.0909. The van der Waals surface area contributed by atoms with Gasteiger partial charge in [0, 0.05) is 24.7 Å². The molecule has 7 heteroatoms. The Balaban J connectivity index is 1.85. The lowest BCUT2D eigenvalue weighted by Gasteiger charge is -2.19. The number of aromatic nitrogens is 3. The fourth-order valence-electron chi connectivity index (χ4n) is 2.30. The van der Waals surface area contributed by atoms with Crippen LogP contribution in [0.3, 0.4) is 0 Å². The molecule has 1 unspecified atom stereocenters. The second-order valence-electron chi connectivity index (χ2n) is 5.03. The number of hydrogen-bond donors (Lipinski definition) is 1. The first kappa shape index (κ1) is 13.0. The molecule has 1 fully saturated rings. The third kappa shape index (κ3) is 2.36. The Morgan fingerprint density at radius 2 is 2.40 bits per heavy atom. The number of halogens is 1. The van der Waals surface area contributed by atoms with Crippen molar-refractivity contribution in [2.45, 2.75) is 19.0 Å². The lowest BCUT2D eigenvalue weighted by atomic mass is 10.1. The van der Waals surface area contributed by atoms with Gasteiger partial charge in [-0.3, -0.25) is 0 Å². The second-order valence-corrected chi connectivity index (χ2v) is 5.03. The Morgan fingerprint density at radius 1 is 1.55 bits per heavy atom. The largest absolute Gasteiger partial charge is 0.393 e. The zero-order valence-corrected chi connectivity index (χ0v) is 11.1. The Labute approximate surface area is 115 Å². The first-order chi connectivity index (χ1) is 9.59. The maximum absolute atomic E-state index is 14.0. The minimum absolute atomic E-state index is 0.142. The van der Waals surface area contributed by atoms with E-state index < -0.39 is 12.3 Å². The van der Waals surface area contributed by atoms with E-state index in [4.69, 9.17) is 9.63 Å². The first-order valence-corrected chi connectivity index (χ1v) is 6.41. The number of anilines is 1. The number of nitrogens with zero attached hydrogens (tertiary/aromatic N) is 4. The minimum Gasteiger partial charge on any atom is -0.393 e. The van der Waals surface area contributed by atoms with Crippen LogP contribution in [0, 0.1) is 6.92 Å². The molecule has 2 aromatic heterocycles. The van der Waals surface area contributed by atoms with Crippen LogP contribution in [0.2, 0.25) is 0 Å². The molecule has 20 heavy (non-hydrogen) atoms. The van der Waals surface area contributed by atoms with Gasteiger partial charge in [-0.2, -0.15) is 4.98 Å². The van der Waals surface area contributed by atoms with Crippen LogP contribution in [0.1, 0.15) is 12.2 Å². The summed E-state index contributed by atoms with van der Waals surface area (Å²) in [5.41, 5.74) is -0.797. The minimum atomic E-state index is -1.54. The number of hydrogen-bond acceptors (Lipinski definition) is 6. The van der Waals surface area contributed by atoms with E-state index in [0.29, 0.717) is 30.5 Å². The molecule has 0 bridgehead atoms. The summed E-state index contributed by atoms with van der Waals surface area (Å²) in [4.78, 5) is 10.2. The molecule has 0 spiro atoms. The molecule has 0 saturated carbocycles. The molecule has 0 radical (unpaired) electrons. The quantitative estimate of drug-likeness (QED) is 0.913. The van der Waals surface area contributed by atoms with Gasteiger partial charge in [0.25, 0.3) is 5.89 Å². The first-order valence-electron chi connectivity index (χ1n) is 6.41. The zero-order valence-electron chi connectivity index (χ0n) is 11.1. The zero-order chi connectivity index (χ0) is 14.2. The molecular formula is C13H15FN4O2. The molecule has 1 saturated heterocycles. The Bertz CT molecular complexity index is 618. The molecule has 106 valence electrons. The summed E-state index contributed by atoms with van der Waals surface area (Å²) in [6.45, 7) is 1.94. The average Bonchev–Trinajstić information content (AvgIpc) is 3.06. The Kier molecular flexibility index (Phi) is 3.13. The van der Waals surface area contributed by atoms with Gasteiger partial charge in [0.1, 0.15) is 5.82 Å². The highest BCUT2D eigenvalue weighted by molar-refractivity contribution is 5.59. The monoisotopic (exact) mass is 278 g/mol. The predicted molar refractivity (Wildman–Crippen MR) is 70.0 cm³/mol. The molecule has 0 aliphatic carbocycles. The van der Waals surface area contributed by atoms with Crippen molar-refractivity contribution in [3.05, 3.63) is 24.2 Å². The Morgan fingerprint density at radius 3 is 3.05 bits per heavy atom. The van der Waals surface area contributed by atoms with E-state index >= 15 is 0 Å². The van der Waals surface area contributed by atoms with Gasteiger partial charge in [-0.05, 0) is 19.1 Å². The van der Waals surface area contributed by atoms with Crippen LogP contribution in [0.4, 0.5) is 10.2 Å². The fourth-order valence-corrected chi connectivity index (χ4v) is 2.30. The molecule has 1 atom stereocenters. The van der Waals surface area contributed by atoms with Crippen LogP contribution < -0.4 is 4.90 Å². The smallest absolute Gasteiger partial charge is 0.258 e. The Hall–Kier alpha value is -2.02. The number of aliphatic hydroxyl groups is 1. The number of aliphatic hydroxyl groups excluding tert-OH is 1. The van der Waals surface area contributed by atoms with E-state index in [2.05, 4.69) is 15.1 Å². The van der Waals surface area contributed by atoms with Gasteiger partial charge in [-0.15, -0.1) is 0 Å². The summed E-state index contributed by atoms with van der Waals surface area (Å²) in [5.74, 6) is 1.62. The number of rotatable bonds is 3. The van der Waals surface area contributed by atoms with Gasteiger partial charge < -0.3 is 14.5 Å². The van der Waals surface area contributed by atoms with Crippen molar-refractivity contribution in [2.24, 2.45) is 0 Å². The molecule has 3 heterocycles. The van der Waals surface area contributed by atoms with Crippen LogP contribution in [0.15, 0.2) is 22.9 Å². The summed E-state index contributed by atoms with van der Waals surface area (Å²) in [7, 11) is 0. The van der Waals surface area contributed by atoms with Gasteiger partial charge >= 0.3 is 0 Å². The summed E-state index contributed by atoms with van der Waals surface area (Å²) < 4.78 is 19.2. The SMILES string of the molecule is Cc1noc(-c2ccnc(N3CCC(F)(CO)C3)c2)n1. The van der Waals surface area contributed by atoms with Gasteiger partial charge in [-0.25, -0.2) is 9.37 Å². The topological polar surface area (TPSA) is 75.3 Å². The maximum Gasteiger partial charge on any atom is 0.258 e. The van der Waals surface area contributed by atoms with Crippen LogP contribution in [-0.4, -0.2) is 45.6 Å². The maximum atomic E-state index is 14.0. The lowest BCUT2D eigenvalue weighted by Crippen LogP contribution is -2.32. The van der Waals surface area contributed by atoms with Crippen molar-refractivity contribution in [3.8, 4) is 11.5 Å². The molecular weight excluding hydrogens is 263 g/mol.